The second-order valence-corrected chi connectivity index (χ2v) is 4.75. The van der Waals surface area contributed by atoms with Crippen LogP contribution >= 0.6 is 0 Å². The summed E-state index contributed by atoms with van der Waals surface area (Å²) >= 11 is 0. The molecule has 18 heavy (non-hydrogen) atoms. The van der Waals surface area contributed by atoms with E-state index in [1.54, 1.807) is 19.1 Å². The predicted molar refractivity (Wildman–Crippen MR) is 68.5 cm³/mol. The fourth-order valence-electron chi connectivity index (χ4n) is 2.40. The van der Waals surface area contributed by atoms with Gasteiger partial charge in [0.1, 0.15) is 5.82 Å². The van der Waals surface area contributed by atoms with Gasteiger partial charge in [0.05, 0.1) is 0 Å². The van der Waals surface area contributed by atoms with Crippen LogP contribution in [0.2, 0.25) is 0 Å². The Hall–Kier alpha value is -1.42. The van der Waals surface area contributed by atoms with E-state index in [1.807, 2.05) is 4.90 Å². The molecule has 4 heteroatoms. The number of carbonyl (C=O) groups excluding carboxylic acids is 1. The van der Waals surface area contributed by atoms with Crippen LogP contribution in [-0.2, 0) is 11.3 Å². The molecule has 0 unspecified atom stereocenters. The number of carbonyl (C=O) groups is 1. The molecule has 0 saturated carbocycles. The average molecular weight is 250 g/mol. The van der Waals surface area contributed by atoms with Crippen molar-refractivity contribution < 1.29 is 9.18 Å². The van der Waals surface area contributed by atoms with Crippen LogP contribution in [0.4, 0.5) is 4.39 Å². The van der Waals surface area contributed by atoms with Gasteiger partial charge < -0.3 is 10.2 Å². The topological polar surface area (TPSA) is 32.3 Å². The quantitative estimate of drug-likeness (QED) is 0.889. The molecule has 0 spiro atoms. The number of rotatable bonds is 3. The lowest BCUT2D eigenvalue weighted by atomic mass is 10.0. The summed E-state index contributed by atoms with van der Waals surface area (Å²) < 4.78 is 12.8. The lowest BCUT2D eigenvalue weighted by Gasteiger charge is -2.34. The third-order valence-corrected chi connectivity index (χ3v) is 3.42. The maximum atomic E-state index is 12.8. The monoisotopic (exact) mass is 250 g/mol. The third kappa shape index (κ3) is 3.29. The van der Waals surface area contributed by atoms with Gasteiger partial charge in [0, 0.05) is 19.5 Å². The van der Waals surface area contributed by atoms with Gasteiger partial charge in [0.15, 0.2) is 0 Å². The molecule has 1 heterocycles. The predicted octanol–water partition coefficient (Wildman–Crippen LogP) is 1.93. The van der Waals surface area contributed by atoms with Crippen LogP contribution < -0.4 is 5.32 Å². The minimum Gasteiger partial charge on any atom is -0.336 e. The smallest absolute Gasteiger partial charge is 0.219 e. The molecule has 0 bridgehead atoms. The third-order valence-electron chi connectivity index (χ3n) is 3.42. The minimum absolute atomic E-state index is 0.0891. The zero-order valence-corrected chi connectivity index (χ0v) is 10.7. The molecular formula is C14H19FN2O. The van der Waals surface area contributed by atoms with E-state index in [1.165, 1.54) is 12.1 Å². The zero-order valence-electron chi connectivity index (χ0n) is 10.7. The molecule has 1 aromatic rings. The summed E-state index contributed by atoms with van der Waals surface area (Å²) in [5.74, 6) is -0.152. The minimum atomic E-state index is -0.241. The molecule has 1 saturated heterocycles. The van der Waals surface area contributed by atoms with Crippen molar-refractivity contribution in [3.8, 4) is 0 Å². The zero-order chi connectivity index (χ0) is 13.0. The van der Waals surface area contributed by atoms with Gasteiger partial charge in [-0.05, 0) is 43.6 Å². The van der Waals surface area contributed by atoms with E-state index >= 15 is 0 Å². The van der Waals surface area contributed by atoms with Crippen molar-refractivity contribution in [2.24, 2.45) is 0 Å². The summed E-state index contributed by atoms with van der Waals surface area (Å²) in [5, 5.41) is 3.29. The Morgan fingerprint density at radius 2 is 1.94 bits per heavy atom. The number of nitrogens with one attached hydrogen (secondary N) is 1. The number of nitrogens with zero attached hydrogens (tertiary/aromatic N) is 1. The van der Waals surface area contributed by atoms with E-state index < -0.39 is 0 Å². The van der Waals surface area contributed by atoms with Gasteiger partial charge in [-0.25, -0.2) is 4.39 Å². The molecule has 1 fully saturated rings. The normalized spacial score (nSPS) is 16.6. The first-order valence-electron chi connectivity index (χ1n) is 6.39. The summed E-state index contributed by atoms with van der Waals surface area (Å²) in [6.45, 7) is 4.08. The highest BCUT2D eigenvalue weighted by Gasteiger charge is 2.22. The molecule has 1 aromatic carbocycles. The van der Waals surface area contributed by atoms with Crippen LogP contribution in [0.25, 0.3) is 0 Å². The largest absolute Gasteiger partial charge is 0.336 e. The van der Waals surface area contributed by atoms with E-state index in [0.717, 1.165) is 31.5 Å². The summed E-state index contributed by atoms with van der Waals surface area (Å²) in [4.78, 5) is 13.6. The first-order valence-corrected chi connectivity index (χ1v) is 6.39. The highest BCUT2D eigenvalue weighted by molar-refractivity contribution is 5.73. The molecule has 98 valence electrons. The maximum Gasteiger partial charge on any atom is 0.219 e. The fraction of sp³-hybridized carbons (Fsp3) is 0.500. The molecule has 0 aliphatic carbocycles. The highest BCUT2D eigenvalue weighted by atomic mass is 19.1. The van der Waals surface area contributed by atoms with Gasteiger partial charge >= 0.3 is 0 Å². The molecule has 3 nitrogen and oxygen atoms in total. The van der Waals surface area contributed by atoms with E-state index in [2.05, 4.69) is 5.32 Å². The first-order chi connectivity index (χ1) is 8.66. The summed E-state index contributed by atoms with van der Waals surface area (Å²) in [6, 6.07) is 6.67. The van der Waals surface area contributed by atoms with Crippen molar-refractivity contribution in [1.82, 2.24) is 10.2 Å². The van der Waals surface area contributed by atoms with E-state index in [-0.39, 0.29) is 11.7 Å². The first kappa shape index (κ1) is 13.0. The Labute approximate surface area is 107 Å². The summed E-state index contributed by atoms with van der Waals surface area (Å²) in [6.07, 6.45) is 1.97. The van der Waals surface area contributed by atoms with Crippen molar-refractivity contribution in [3.05, 3.63) is 35.6 Å². The van der Waals surface area contributed by atoms with Crippen molar-refractivity contribution in [2.75, 3.05) is 13.1 Å². The molecule has 1 aliphatic heterocycles. The van der Waals surface area contributed by atoms with Gasteiger partial charge in [-0.3, -0.25) is 4.79 Å². The van der Waals surface area contributed by atoms with E-state index in [0.29, 0.717) is 12.6 Å². The second-order valence-electron chi connectivity index (χ2n) is 4.75. The second kappa shape index (κ2) is 5.96. The Bertz CT molecular complexity index is 399. The molecule has 1 N–H and O–H groups in total. The maximum absolute atomic E-state index is 12.8. The van der Waals surface area contributed by atoms with E-state index in [4.69, 9.17) is 0 Å². The van der Waals surface area contributed by atoms with Crippen molar-refractivity contribution in [1.29, 1.82) is 0 Å². The Morgan fingerprint density at radius 1 is 1.33 bits per heavy atom. The van der Waals surface area contributed by atoms with Gasteiger partial charge in [0.2, 0.25) is 5.91 Å². The SMILES string of the molecule is CC(=O)N(Cc1ccc(F)cc1)C1CCNCC1. The lowest BCUT2D eigenvalue weighted by Crippen LogP contribution is -2.44. The molecule has 0 atom stereocenters. The van der Waals surface area contributed by atoms with Gasteiger partial charge in [-0.2, -0.15) is 0 Å². The number of hydrogen-bond donors (Lipinski definition) is 1. The Kier molecular flexibility index (Phi) is 4.31. The van der Waals surface area contributed by atoms with Gasteiger partial charge in [-0.1, -0.05) is 12.1 Å². The van der Waals surface area contributed by atoms with Crippen LogP contribution in [0.3, 0.4) is 0 Å². The number of halogens is 1. The number of piperidine rings is 1. The van der Waals surface area contributed by atoms with Crippen molar-refractivity contribution in [2.45, 2.75) is 32.4 Å². The Balaban J connectivity index is 2.05. The van der Waals surface area contributed by atoms with Crippen molar-refractivity contribution >= 4 is 5.91 Å². The average Bonchev–Trinajstić information content (AvgIpc) is 2.38. The van der Waals surface area contributed by atoms with Crippen LogP contribution in [0.5, 0.6) is 0 Å². The Morgan fingerprint density at radius 3 is 2.50 bits per heavy atom. The lowest BCUT2D eigenvalue weighted by molar-refractivity contribution is -0.132. The van der Waals surface area contributed by atoms with Crippen LogP contribution in [-0.4, -0.2) is 29.9 Å². The van der Waals surface area contributed by atoms with Crippen LogP contribution in [0.1, 0.15) is 25.3 Å². The molecule has 1 amide bonds. The van der Waals surface area contributed by atoms with E-state index in [9.17, 15) is 9.18 Å². The molecular weight excluding hydrogens is 231 g/mol. The van der Waals surface area contributed by atoms with Crippen molar-refractivity contribution in [3.63, 3.8) is 0 Å². The van der Waals surface area contributed by atoms with Gasteiger partial charge in [-0.15, -0.1) is 0 Å². The standard InChI is InChI=1S/C14H19FN2O/c1-11(18)17(14-6-8-16-9-7-14)10-12-2-4-13(15)5-3-12/h2-5,14,16H,6-10H2,1H3. The van der Waals surface area contributed by atoms with Gasteiger partial charge in [0.25, 0.3) is 0 Å². The molecule has 0 radical (unpaired) electrons. The number of benzene rings is 1. The summed E-state index contributed by atoms with van der Waals surface area (Å²) in [7, 11) is 0. The van der Waals surface area contributed by atoms with Crippen LogP contribution in [0.15, 0.2) is 24.3 Å². The number of hydrogen-bond acceptors (Lipinski definition) is 2. The van der Waals surface area contributed by atoms with Crippen LogP contribution in [0, 0.1) is 5.82 Å². The molecule has 1 aliphatic rings. The fourth-order valence-corrected chi connectivity index (χ4v) is 2.40. The molecule has 2 rings (SSSR count). The molecule has 0 aromatic heterocycles. The number of amides is 1. The highest BCUT2D eigenvalue weighted by Crippen LogP contribution is 2.16. The summed E-state index contributed by atoms with van der Waals surface area (Å²) in [5.41, 5.74) is 0.977.